The molecule has 146 valence electrons. The van der Waals surface area contributed by atoms with Gasteiger partial charge >= 0.3 is 0 Å². The summed E-state index contributed by atoms with van der Waals surface area (Å²) in [5.41, 5.74) is -1.12. The summed E-state index contributed by atoms with van der Waals surface area (Å²) < 4.78 is 84.9. The van der Waals surface area contributed by atoms with E-state index in [0.29, 0.717) is 0 Å². The Morgan fingerprint density at radius 3 is 1.82 bits per heavy atom. The number of halogens is 4. The molecular formula is C19H13F4NO3S. The number of benzene rings is 3. The summed E-state index contributed by atoms with van der Waals surface area (Å²) in [5, 5.41) is 5.01. The topological polar surface area (TPSA) is 69.4 Å². The minimum absolute atomic E-state index is 0.0418. The molecule has 3 rings (SSSR count). The molecule has 0 amide bonds. The minimum Gasteiger partial charge on any atom is -0.497 e. The first kappa shape index (κ1) is 19.8. The van der Waals surface area contributed by atoms with Gasteiger partial charge in [-0.05, 0) is 35.4 Å². The number of hydrogen-bond donors (Lipinski definition) is 1. The molecule has 0 spiro atoms. The lowest BCUT2D eigenvalue weighted by atomic mass is 9.93. The van der Waals surface area contributed by atoms with E-state index in [1.165, 1.54) is 31.4 Å². The van der Waals surface area contributed by atoms with E-state index in [1.807, 2.05) is 0 Å². The van der Waals surface area contributed by atoms with Gasteiger partial charge in [0.05, 0.1) is 12.0 Å². The average Bonchev–Trinajstić information content (AvgIpc) is 2.68. The molecule has 0 saturated heterocycles. The Morgan fingerprint density at radius 1 is 0.786 bits per heavy atom. The van der Waals surface area contributed by atoms with E-state index in [4.69, 9.17) is 9.88 Å². The van der Waals surface area contributed by atoms with E-state index in [9.17, 15) is 26.0 Å². The van der Waals surface area contributed by atoms with E-state index >= 15 is 0 Å². The lowest BCUT2D eigenvalue weighted by Crippen LogP contribution is -2.11. The van der Waals surface area contributed by atoms with E-state index < -0.39 is 44.4 Å². The SMILES string of the molecule is COc1cccc(-c2c(F)c(F)c(F)c(F)c2-c2ccc(S(N)(=O)=O)cc2)c1. The lowest BCUT2D eigenvalue weighted by molar-refractivity contribution is 0.411. The van der Waals surface area contributed by atoms with Crippen LogP contribution in [0.1, 0.15) is 0 Å². The van der Waals surface area contributed by atoms with Gasteiger partial charge in [0.1, 0.15) is 5.75 Å². The van der Waals surface area contributed by atoms with Crippen LogP contribution in [0.25, 0.3) is 22.3 Å². The minimum atomic E-state index is -4.02. The first-order valence-electron chi connectivity index (χ1n) is 7.78. The fourth-order valence-corrected chi connectivity index (χ4v) is 3.28. The van der Waals surface area contributed by atoms with Gasteiger partial charge in [-0.25, -0.2) is 31.1 Å². The molecule has 0 bridgehead atoms. The number of methoxy groups -OCH3 is 1. The molecule has 3 aromatic rings. The van der Waals surface area contributed by atoms with E-state index in [2.05, 4.69) is 0 Å². The zero-order chi connectivity index (χ0) is 20.6. The lowest BCUT2D eigenvalue weighted by Gasteiger charge is -2.15. The second-order valence-corrected chi connectivity index (χ2v) is 7.37. The van der Waals surface area contributed by atoms with E-state index in [0.717, 1.165) is 24.3 Å². The monoisotopic (exact) mass is 411 g/mol. The van der Waals surface area contributed by atoms with Gasteiger partial charge < -0.3 is 4.74 Å². The molecule has 0 atom stereocenters. The molecule has 0 saturated carbocycles. The summed E-state index contributed by atoms with van der Waals surface area (Å²) in [6.45, 7) is 0. The van der Waals surface area contributed by atoms with Gasteiger partial charge in [0.2, 0.25) is 10.0 Å². The standard InChI is InChI=1S/C19H13F4NO3S/c1-27-12-4-2-3-11(9-12)15-14(16(20)18(22)19(23)17(15)21)10-5-7-13(8-6-10)28(24,25)26/h2-9H,1H3,(H2,24,25,26). The summed E-state index contributed by atoms with van der Waals surface area (Å²) in [5.74, 6) is -6.84. The molecule has 9 heteroatoms. The van der Waals surface area contributed by atoms with Gasteiger partial charge in [-0.2, -0.15) is 0 Å². The first-order chi connectivity index (χ1) is 13.1. The van der Waals surface area contributed by atoms with Gasteiger partial charge in [-0.15, -0.1) is 0 Å². The first-order valence-corrected chi connectivity index (χ1v) is 9.33. The second kappa shape index (κ2) is 7.25. The van der Waals surface area contributed by atoms with Crippen LogP contribution in [0, 0.1) is 23.3 Å². The Bertz CT molecular complexity index is 1160. The van der Waals surface area contributed by atoms with Crippen LogP contribution < -0.4 is 9.88 Å². The van der Waals surface area contributed by atoms with Crippen molar-refractivity contribution < 1.29 is 30.7 Å². The molecule has 3 aromatic carbocycles. The Labute approximate surface area is 158 Å². The van der Waals surface area contributed by atoms with Crippen molar-refractivity contribution in [3.63, 3.8) is 0 Å². The van der Waals surface area contributed by atoms with Gasteiger partial charge in [0, 0.05) is 11.1 Å². The summed E-state index contributed by atoms with van der Waals surface area (Å²) in [7, 11) is -2.67. The molecule has 0 aliphatic rings. The molecule has 0 radical (unpaired) electrons. The fourth-order valence-electron chi connectivity index (χ4n) is 2.76. The largest absolute Gasteiger partial charge is 0.497 e. The molecule has 0 unspecified atom stereocenters. The van der Waals surface area contributed by atoms with Crippen molar-refractivity contribution in [3.05, 3.63) is 71.8 Å². The highest BCUT2D eigenvalue weighted by molar-refractivity contribution is 7.89. The summed E-state index contributed by atoms with van der Waals surface area (Å²) in [6, 6.07) is 10.1. The number of rotatable bonds is 4. The maximum Gasteiger partial charge on any atom is 0.238 e. The highest BCUT2D eigenvalue weighted by atomic mass is 32.2. The normalized spacial score (nSPS) is 11.5. The number of primary sulfonamides is 1. The van der Waals surface area contributed by atoms with Crippen molar-refractivity contribution >= 4 is 10.0 Å². The van der Waals surface area contributed by atoms with E-state index in [-0.39, 0.29) is 21.8 Å². The van der Waals surface area contributed by atoms with Crippen LogP contribution in [0.3, 0.4) is 0 Å². The molecule has 4 nitrogen and oxygen atoms in total. The molecule has 0 fully saturated rings. The number of nitrogens with two attached hydrogens (primary N) is 1. The molecule has 0 heterocycles. The second-order valence-electron chi connectivity index (χ2n) is 5.81. The predicted molar refractivity (Wildman–Crippen MR) is 95.1 cm³/mol. The Hall–Kier alpha value is -2.91. The summed E-state index contributed by atoms with van der Waals surface area (Å²) in [4.78, 5) is -0.275. The average molecular weight is 411 g/mol. The molecule has 0 aromatic heterocycles. The van der Waals surface area contributed by atoms with Crippen molar-refractivity contribution in [1.29, 1.82) is 0 Å². The van der Waals surface area contributed by atoms with Crippen LogP contribution in [-0.2, 0) is 10.0 Å². The van der Waals surface area contributed by atoms with Gasteiger partial charge in [0.15, 0.2) is 23.3 Å². The zero-order valence-corrected chi connectivity index (χ0v) is 15.2. The van der Waals surface area contributed by atoms with Crippen molar-refractivity contribution in [2.75, 3.05) is 7.11 Å². The van der Waals surface area contributed by atoms with Crippen molar-refractivity contribution in [3.8, 4) is 28.0 Å². The molecule has 0 aliphatic carbocycles. The van der Waals surface area contributed by atoms with Crippen LogP contribution in [0.2, 0.25) is 0 Å². The molecule has 28 heavy (non-hydrogen) atoms. The molecule has 0 aliphatic heterocycles. The quantitative estimate of drug-likeness (QED) is 0.397. The smallest absolute Gasteiger partial charge is 0.238 e. The van der Waals surface area contributed by atoms with Crippen LogP contribution in [0.15, 0.2) is 53.4 Å². The summed E-state index contributed by atoms with van der Waals surface area (Å²) >= 11 is 0. The maximum atomic E-state index is 14.6. The molecule has 2 N–H and O–H groups in total. The third-order valence-electron chi connectivity index (χ3n) is 4.10. The van der Waals surface area contributed by atoms with Crippen molar-refractivity contribution in [2.45, 2.75) is 4.90 Å². The maximum absolute atomic E-state index is 14.6. The van der Waals surface area contributed by atoms with Crippen LogP contribution in [0.5, 0.6) is 5.75 Å². The highest BCUT2D eigenvalue weighted by Gasteiger charge is 2.27. The third-order valence-corrected chi connectivity index (χ3v) is 5.03. The van der Waals surface area contributed by atoms with Gasteiger partial charge in [-0.3, -0.25) is 0 Å². The van der Waals surface area contributed by atoms with Crippen LogP contribution in [-0.4, -0.2) is 15.5 Å². The van der Waals surface area contributed by atoms with Crippen molar-refractivity contribution in [1.82, 2.24) is 0 Å². The van der Waals surface area contributed by atoms with Crippen LogP contribution >= 0.6 is 0 Å². The highest BCUT2D eigenvalue weighted by Crippen LogP contribution is 2.40. The Balaban J connectivity index is 2.34. The summed E-state index contributed by atoms with van der Waals surface area (Å²) in [6.07, 6.45) is 0. The molecular weight excluding hydrogens is 398 g/mol. The number of sulfonamides is 1. The zero-order valence-electron chi connectivity index (χ0n) is 14.3. The van der Waals surface area contributed by atoms with E-state index in [1.54, 1.807) is 0 Å². The van der Waals surface area contributed by atoms with Gasteiger partial charge in [-0.1, -0.05) is 24.3 Å². The number of ether oxygens (including phenoxy) is 1. The van der Waals surface area contributed by atoms with Gasteiger partial charge in [0.25, 0.3) is 0 Å². The predicted octanol–water partition coefficient (Wildman–Crippen LogP) is 4.23. The van der Waals surface area contributed by atoms with Crippen molar-refractivity contribution in [2.24, 2.45) is 5.14 Å². The number of hydrogen-bond acceptors (Lipinski definition) is 3. The Kier molecular flexibility index (Phi) is 5.14. The third kappa shape index (κ3) is 3.46. The van der Waals surface area contributed by atoms with Crippen LogP contribution in [0.4, 0.5) is 17.6 Å². The Morgan fingerprint density at radius 2 is 1.32 bits per heavy atom. The fraction of sp³-hybridized carbons (Fsp3) is 0.0526.